The molecule has 6 aromatic rings. The lowest BCUT2D eigenvalue weighted by atomic mass is 9.73. The van der Waals surface area contributed by atoms with Crippen LogP contribution in [-0.4, -0.2) is 16.3 Å². The summed E-state index contributed by atoms with van der Waals surface area (Å²) in [5.74, 6) is 0. The molecule has 4 heteroatoms. The van der Waals surface area contributed by atoms with Crippen LogP contribution in [0.3, 0.4) is 0 Å². The van der Waals surface area contributed by atoms with Gasteiger partial charge in [-0.05, 0) is 185 Å². The molecule has 4 aliphatic carbocycles. The Labute approximate surface area is 365 Å². The van der Waals surface area contributed by atoms with Crippen molar-refractivity contribution in [2.45, 2.75) is 141 Å². The van der Waals surface area contributed by atoms with E-state index in [0.29, 0.717) is 5.69 Å². The number of aryl methyl sites for hydroxylation is 8. The van der Waals surface area contributed by atoms with Crippen LogP contribution in [0.4, 0.5) is 5.69 Å². The van der Waals surface area contributed by atoms with Gasteiger partial charge in [-0.15, -0.1) is 0 Å². The van der Waals surface area contributed by atoms with Crippen molar-refractivity contribution in [2.75, 3.05) is 5.73 Å². The molecule has 0 aliphatic heterocycles. The van der Waals surface area contributed by atoms with Gasteiger partial charge in [-0.25, -0.2) is 0 Å². The van der Waals surface area contributed by atoms with E-state index < -0.39 is 0 Å². The van der Waals surface area contributed by atoms with Crippen molar-refractivity contribution in [3.63, 3.8) is 0 Å². The highest BCUT2D eigenvalue weighted by Gasteiger charge is 2.47. The van der Waals surface area contributed by atoms with E-state index in [1.807, 2.05) is 12.3 Å². The molecular formula is C57H65N3O. The van der Waals surface area contributed by atoms with Gasteiger partial charge in [0.25, 0.3) is 0 Å². The molecule has 2 atom stereocenters. The van der Waals surface area contributed by atoms with E-state index in [4.69, 9.17) is 10.7 Å². The van der Waals surface area contributed by atoms with Crippen molar-refractivity contribution in [1.29, 1.82) is 0 Å². The van der Waals surface area contributed by atoms with Crippen LogP contribution in [0.15, 0.2) is 109 Å². The zero-order chi connectivity index (χ0) is 43.2. The monoisotopic (exact) mass is 808 g/mol. The maximum Gasteiger partial charge on any atom is 0.168 e. The number of aldehydes is 1. The number of carbonyl (C=O) groups is 1. The van der Waals surface area contributed by atoms with Crippen molar-refractivity contribution < 1.29 is 4.79 Å². The summed E-state index contributed by atoms with van der Waals surface area (Å²) in [5.41, 5.74) is 29.2. The Morgan fingerprint density at radius 2 is 1.08 bits per heavy atom. The van der Waals surface area contributed by atoms with Crippen LogP contribution in [0, 0.1) is 13.8 Å². The van der Waals surface area contributed by atoms with E-state index in [2.05, 4.69) is 145 Å². The van der Waals surface area contributed by atoms with Gasteiger partial charge >= 0.3 is 0 Å². The number of pyridine rings is 2. The minimum atomic E-state index is 0.106. The zero-order valence-electron chi connectivity index (χ0n) is 37.9. The normalized spacial score (nSPS) is 19.3. The lowest BCUT2D eigenvalue weighted by Crippen LogP contribution is -2.24. The van der Waals surface area contributed by atoms with E-state index in [1.54, 1.807) is 45.6 Å². The molecule has 2 N–H and O–H groups in total. The first-order chi connectivity index (χ1) is 29.1. The SMILES string of the molecule is CC(C)(C)c1ccc(C=O)nc1.Cc1cccc2c1[C@@]1(CC2)CCc2cccc(CCc3cc(C(C)(C)C)ccn3)c21.Cc1cccc2c1[C@@]1(CC2)CCc2cccc(N)c21. The van der Waals surface area contributed by atoms with E-state index in [1.165, 1.54) is 90.4 Å². The second kappa shape index (κ2) is 16.5. The molecule has 0 fully saturated rings. The Morgan fingerprint density at radius 1 is 0.574 bits per heavy atom. The van der Waals surface area contributed by atoms with Crippen LogP contribution >= 0.6 is 0 Å². The van der Waals surface area contributed by atoms with Crippen molar-refractivity contribution in [1.82, 2.24) is 9.97 Å². The first-order valence-corrected chi connectivity index (χ1v) is 22.7. The van der Waals surface area contributed by atoms with Crippen LogP contribution < -0.4 is 5.73 Å². The van der Waals surface area contributed by atoms with E-state index in [9.17, 15) is 4.79 Å². The Balaban J connectivity index is 0.000000141. The number of carbonyl (C=O) groups excluding carboxylic acids is 1. The summed E-state index contributed by atoms with van der Waals surface area (Å²) < 4.78 is 0. The molecule has 0 bridgehead atoms. The van der Waals surface area contributed by atoms with Crippen molar-refractivity contribution >= 4 is 12.0 Å². The Bertz CT molecular complexity index is 2510. The second-order valence-electron chi connectivity index (χ2n) is 20.3. The highest BCUT2D eigenvalue weighted by atomic mass is 16.1. The summed E-state index contributed by atoms with van der Waals surface area (Å²) in [6.45, 7) is 17.7. The fourth-order valence-corrected chi connectivity index (χ4v) is 11.5. The molecular weight excluding hydrogens is 743 g/mol. The summed E-state index contributed by atoms with van der Waals surface area (Å²) in [4.78, 5) is 19.0. The van der Waals surface area contributed by atoms with Crippen LogP contribution in [-0.2, 0) is 60.2 Å². The fraction of sp³-hybridized carbons (Fsp3) is 0.386. The topological polar surface area (TPSA) is 68.9 Å². The molecule has 0 saturated heterocycles. The van der Waals surface area contributed by atoms with E-state index in [-0.39, 0.29) is 21.7 Å². The van der Waals surface area contributed by atoms with Gasteiger partial charge in [0.05, 0.1) is 0 Å². The number of anilines is 1. The predicted molar refractivity (Wildman–Crippen MR) is 253 cm³/mol. The van der Waals surface area contributed by atoms with Gasteiger partial charge < -0.3 is 5.73 Å². The third-order valence-corrected chi connectivity index (χ3v) is 14.4. The number of nitrogens with two attached hydrogens (primary N) is 1. The van der Waals surface area contributed by atoms with Crippen LogP contribution in [0.1, 0.15) is 156 Å². The molecule has 2 heterocycles. The molecule has 4 aliphatic rings. The van der Waals surface area contributed by atoms with Crippen molar-refractivity contribution in [2.24, 2.45) is 0 Å². The van der Waals surface area contributed by atoms with Gasteiger partial charge in [0, 0.05) is 34.6 Å². The second-order valence-corrected chi connectivity index (χ2v) is 20.3. The number of benzene rings is 4. The first kappa shape index (κ1) is 42.3. The summed E-state index contributed by atoms with van der Waals surface area (Å²) in [6, 6.07) is 35.3. The van der Waals surface area contributed by atoms with Gasteiger partial charge in [0.1, 0.15) is 5.69 Å². The molecule has 10 rings (SSSR count). The molecule has 2 aromatic heterocycles. The average Bonchev–Trinajstić information content (AvgIpc) is 4.03. The third-order valence-electron chi connectivity index (χ3n) is 14.4. The first-order valence-electron chi connectivity index (χ1n) is 22.7. The molecule has 0 unspecified atom stereocenters. The van der Waals surface area contributed by atoms with Crippen LogP contribution in [0.2, 0.25) is 0 Å². The Morgan fingerprint density at radius 3 is 1.61 bits per heavy atom. The van der Waals surface area contributed by atoms with Crippen LogP contribution in [0.5, 0.6) is 0 Å². The fourth-order valence-electron chi connectivity index (χ4n) is 11.5. The van der Waals surface area contributed by atoms with Gasteiger partial charge in [-0.2, -0.15) is 0 Å². The summed E-state index contributed by atoms with van der Waals surface area (Å²) in [7, 11) is 0. The molecule has 4 aromatic carbocycles. The average molecular weight is 808 g/mol. The molecule has 2 spiro atoms. The van der Waals surface area contributed by atoms with Crippen LogP contribution in [0.25, 0.3) is 0 Å². The number of nitrogens with zero attached hydrogens (tertiary/aromatic N) is 2. The minimum absolute atomic E-state index is 0.106. The van der Waals surface area contributed by atoms with Crippen molar-refractivity contribution in [3.05, 3.63) is 193 Å². The lowest BCUT2D eigenvalue weighted by molar-refractivity contribution is 0.111. The predicted octanol–water partition coefficient (Wildman–Crippen LogP) is 12.6. The smallest absolute Gasteiger partial charge is 0.168 e. The molecule has 314 valence electrons. The van der Waals surface area contributed by atoms with Gasteiger partial charge in [-0.3, -0.25) is 14.8 Å². The van der Waals surface area contributed by atoms with Crippen molar-refractivity contribution in [3.8, 4) is 0 Å². The number of nitrogen functional groups attached to an aromatic ring is 1. The maximum atomic E-state index is 10.3. The molecule has 4 nitrogen and oxygen atoms in total. The number of hydrogen-bond acceptors (Lipinski definition) is 4. The minimum Gasteiger partial charge on any atom is -0.398 e. The largest absolute Gasteiger partial charge is 0.398 e. The molecule has 0 saturated carbocycles. The highest BCUT2D eigenvalue weighted by Crippen LogP contribution is 2.56. The van der Waals surface area contributed by atoms with E-state index in [0.717, 1.165) is 30.4 Å². The zero-order valence-corrected chi connectivity index (χ0v) is 37.9. The molecule has 0 radical (unpaired) electrons. The van der Waals surface area contributed by atoms with Gasteiger partial charge in [-0.1, -0.05) is 114 Å². The highest BCUT2D eigenvalue weighted by molar-refractivity contribution is 5.71. The molecule has 61 heavy (non-hydrogen) atoms. The number of fused-ring (bicyclic) bond motifs is 8. The quantitative estimate of drug-likeness (QED) is 0.142. The number of hydrogen-bond donors (Lipinski definition) is 1. The number of aromatic nitrogens is 2. The lowest BCUT2D eigenvalue weighted by Gasteiger charge is -2.30. The summed E-state index contributed by atoms with van der Waals surface area (Å²) in [5, 5.41) is 0. The third kappa shape index (κ3) is 8.00. The summed E-state index contributed by atoms with van der Waals surface area (Å²) in [6.07, 6.45) is 16.4. The maximum absolute atomic E-state index is 10.3. The Kier molecular flexibility index (Phi) is 11.5. The Hall–Kier alpha value is -5.35. The van der Waals surface area contributed by atoms with Gasteiger partial charge in [0.15, 0.2) is 6.29 Å². The number of rotatable bonds is 4. The standard InChI is InChI=1S/C29H33N.C18H19N.C10H13NO/c1-20-7-5-8-22-13-16-29(26(20)22)17-14-23-10-6-9-21(27(23)29)11-12-25-19-24(15-18-30-25)28(2,3)4;1-12-4-2-5-13-8-10-18(16(12)13)11-9-14-6-3-7-15(19)17(14)18;1-10(2,3)8-4-5-9(7-12)11-6-8/h5-10,15,18-19H,11-14,16-17H2,1-4H3;2-7H,8-11,19H2,1H3;4-7H,1-3H3/t29-;18-;/m11./s1. The molecule has 0 amide bonds. The van der Waals surface area contributed by atoms with E-state index >= 15 is 0 Å². The van der Waals surface area contributed by atoms with Gasteiger partial charge in [0.2, 0.25) is 0 Å². The summed E-state index contributed by atoms with van der Waals surface area (Å²) >= 11 is 0.